The zero-order valence-electron chi connectivity index (χ0n) is 7.77. The molecule has 3 aliphatic rings. The van der Waals surface area contributed by atoms with Crippen LogP contribution in [0.2, 0.25) is 0 Å². The number of nitrogens with one attached hydrogen (secondary N) is 1. The number of carbonyl (C=O) groups excluding carboxylic acids is 2. The first-order valence-electron chi connectivity index (χ1n) is 4.80. The number of hydrazone groups is 1. The summed E-state index contributed by atoms with van der Waals surface area (Å²) in [6.07, 6.45) is 3.98. The van der Waals surface area contributed by atoms with Gasteiger partial charge in [-0.1, -0.05) is 0 Å². The number of amides is 2. The quantitative estimate of drug-likeness (QED) is 0.489. The largest absolute Gasteiger partial charge is 0.350 e. The van der Waals surface area contributed by atoms with E-state index in [1.54, 1.807) is 0 Å². The van der Waals surface area contributed by atoms with E-state index in [1.165, 1.54) is 0 Å². The number of primary amides is 1. The van der Waals surface area contributed by atoms with Gasteiger partial charge in [-0.15, -0.1) is 0 Å². The van der Waals surface area contributed by atoms with Crippen molar-refractivity contribution in [2.75, 3.05) is 0 Å². The van der Waals surface area contributed by atoms with Gasteiger partial charge in [0.05, 0.1) is 0 Å². The first-order chi connectivity index (χ1) is 6.72. The van der Waals surface area contributed by atoms with Crippen LogP contribution in [-0.2, 0) is 4.79 Å². The topological polar surface area (TPSA) is 84.6 Å². The average molecular weight is 195 g/mol. The molecule has 0 saturated heterocycles. The van der Waals surface area contributed by atoms with Crippen LogP contribution in [0, 0.1) is 17.8 Å². The Kier molecular flexibility index (Phi) is 2.23. The highest BCUT2D eigenvalue weighted by Crippen LogP contribution is 2.45. The van der Waals surface area contributed by atoms with Crippen molar-refractivity contribution in [3.8, 4) is 0 Å². The molecule has 5 heteroatoms. The van der Waals surface area contributed by atoms with Crippen molar-refractivity contribution in [2.45, 2.75) is 19.3 Å². The molecule has 3 rings (SSSR count). The molecule has 2 amide bonds. The number of aldehydes is 1. The lowest BCUT2D eigenvalue weighted by atomic mass is 9.59. The van der Waals surface area contributed by atoms with E-state index in [1.807, 2.05) is 0 Å². The molecule has 3 N–H and O–H groups in total. The number of hydrogen-bond acceptors (Lipinski definition) is 3. The van der Waals surface area contributed by atoms with Crippen LogP contribution in [0.5, 0.6) is 0 Å². The highest BCUT2D eigenvalue weighted by molar-refractivity contribution is 5.97. The number of urea groups is 1. The van der Waals surface area contributed by atoms with Gasteiger partial charge in [0.15, 0.2) is 0 Å². The minimum atomic E-state index is -0.648. The molecule has 0 spiro atoms. The van der Waals surface area contributed by atoms with E-state index < -0.39 is 6.03 Å². The third-order valence-electron chi connectivity index (χ3n) is 3.17. The highest BCUT2D eigenvalue weighted by Gasteiger charge is 2.46. The Morgan fingerprint density at radius 1 is 1.57 bits per heavy atom. The Labute approximate surface area is 81.7 Å². The fraction of sp³-hybridized carbons (Fsp3) is 0.667. The lowest BCUT2D eigenvalue weighted by molar-refractivity contribution is -0.113. The van der Waals surface area contributed by atoms with Crippen molar-refractivity contribution in [2.24, 2.45) is 28.6 Å². The van der Waals surface area contributed by atoms with E-state index >= 15 is 0 Å². The third-order valence-corrected chi connectivity index (χ3v) is 3.17. The van der Waals surface area contributed by atoms with Gasteiger partial charge in [-0.25, -0.2) is 10.2 Å². The van der Waals surface area contributed by atoms with Crippen LogP contribution in [0.3, 0.4) is 0 Å². The number of nitrogens with two attached hydrogens (primary N) is 1. The van der Waals surface area contributed by atoms with Crippen molar-refractivity contribution in [1.82, 2.24) is 5.43 Å². The van der Waals surface area contributed by atoms with E-state index in [4.69, 9.17) is 5.73 Å². The SMILES string of the molecule is NC(=O)N/N=C1/C2CCC(C=O)C1C2. The predicted octanol–water partition coefficient (Wildman–Crippen LogP) is 0.256. The molecule has 0 aliphatic heterocycles. The summed E-state index contributed by atoms with van der Waals surface area (Å²) in [5, 5.41) is 3.94. The van der Waals surface area contributed by atoms with Crippen LogP contribution in [0.25, 0.3) is 0 Å². The summed E-state index contributed by atoms with van der Waals surface area (Å²) in [4.78, 5) is 21.2. The van der Waals surface area contributed by atoms with Gasteiger partial charge in [0.25, 0.3) is 0 Å². The molecule has 0 heterocycles. The van der Waals surface area contributed by atoms with Crippen molar-refractivity contribution < 1.29 is 9.59 Å². The van der Waals surface area contributed by atoms with Gasteiger partial charge in [-0.05, 0) is 19.3 Å². The Morgan fingerprint density at radius 3 is 2.93 bits per heavy atom. The molecule has 3 saturated carbocycles. The molecule has 0 aromatic rings. The Hall–Kier alpha value is -1.39. The first-order valence-corrected chi connectivity index (χ1v) is 4.80. The normalized spacial score (nSPS) is 37.4. The van der Waals surface area contributed by atoms with Crippen LogP contribution < -0.4 is 11.2 Å². The monoisotopic (exact) mass is 195 g/mol. The van der Waals surface area contributed by atoms with Crippen LogP contribution in [0.15, 0.2) is 5.10 Å². The first kappa shape index (κ1) is 9.18. The zero-order chi connectivity index (χ0) is 10.1. The number of rotatable bonds is 2. The molecule has 5 nitrogen and oxygen atoms in total. The zero-order valence-corrected chi connectivity index (χ0v) is 7.77. The maximum absolute atomic E-state index is 10.7. The number of carbonyl (C=O) groups is 2. The van der Waals surface area contributed by atoms with Crippen LogP contribution in [0.1, 0.15) is 19.3 Å². The van der Waals surface area contributed by atoms with Crippen LogP contribution >= 0.6 is 0 Å². The van der Waals surface area contributed by atoms with Crippen molar-refractivity contribution in [3.05, 3.63) is 0 Å². The average Bonchev–Trinajstić information content (AvgIpc) is 2.17. The second-order valence-electron chi connectivity index (χ2n) is 3.93. The molecule has 76 valence electrons. The van der Waals surface area contributed by atoms with Gasteiger partial charge in [-0.3, -0.25) is 0 Å². The molecular weight excluding hydrogens is 182 g/mol. The molecule has 3 fully saturated rings. The van der Waals surface area contributed by atoms with E-state index in [0.29, 0.717) is 5.92 Å². The molecule has 0 radical (unpaired) electrons. The van der Waals surface area contributed by atoms with Gasteiger partial charge in [-0.2, -0.15) is 5.10 Å². The van der Waals surface area contributed by atoms with E-state index in [2.05, 4.69) is 10.5 Å². The van der Waals surface area contributed by atoms with Gasteiger partial charge in [0.2, 0.25) is 0 Å². The maximum atomic E-state index is 10.7. The predicted molar refractivity (Wildman–Crippen MR) is 50.5 cm³/mol. The van der Waals surface area contributed by atoms with Crippen molar-refractivity contribution in [1.29, 1.82) is 0 Å². The van der Waals surface area contributed by atoms with Crippen molar-refractivity contribution in [3.63, 3.8) is 0 Å². The number of nitrogens with zero attached hydrogens (tertiary/aromatic N) is 1. The van der Waals surface area contributed by atoms with Gasteiger partial charge < -0.3 is 10.5 Å². The molecule has 0 aromatic heterocycles. The molecule has 14 heavy (non-hydrogen) atoms. The van der Waals surface area contributed by atoms with Crippen LogP contribution in [0.4, 0.5) is 4.79 Å². The van der Waals surface area contributed by atoms with E-state index in [-0.39, 0.29) is 11.8 Å². The van der Waals surface area contributed by atoms with E-state index in [0.717, 1.165) is 31.3 Å². The number of fused-ring (bicyclic) bond motifs is 2. The summed E-state index contributed by atoms with van der Waals surface area (Å²) in [6.45, 7) is 0. The number of hydrogen-bond donors (Lipinski definition) is 2. The summed E-state index contributed by atoms with van der Waals surface area (Å²) in [5.41, 5.74) is 8.09. The Bertz CT molecular complexity index is 298. The maximum Gasteiger partial charge on any atom is 0.332 e. The Balaban J connectivity index is 2.04. The van der Waals surface area contributed by atoms with Crippen LogP contribution in [-0.4, -0.2) is 18.0 Å². The van der Waals surface area contributed by atoms with Gasteiger partial charge in [0, 0.05) is 23.5 Å². The molecule has 0 aromatic carbocycles. The minimum Gasteiger partial charge on any atom is -0.350 e. The summed E-state index contributed by atoms with van der Waals surface area (Å²) in [6, 6.07) is -0.648. The molecule has 2 bridgehead atoms. The fourth-order valence-electron chi connectivity index (χ4n) is 2.40. The lowest BCUT2D eigenvalue weighted by Gasteiger charge is -2.45. The smallest absolute Gasteiger partial charge is 0.332 e. The van der Waals surface area contributed by atoms with Gasteiger partial charge in [0.1, 0.15) is 6.29 Å². The summed E-state index contributed by atoms with van der Waals surface area (Å²) < 4.78 is 0. The molecular formula is C9H13N3O2. The van der Waals surface area contributed by atoms with Crippen molar-refractivity contribution >= 4 is 18.0 Å². The second kappa shape index (κ2) is 3.40. The summed E-state index contributed by atoms with van der Waals surface area (Å²) >= 11 is 0. The lowest BCUT2D eigenvalue weighted by Crippen LogP contribution is -2.48. The van der Waals surface area contributed by atoms with Gasteiger partial charge >= 0.3 is 6.03 Å². The Morgan fingerprint density at radius 2 is 2.36 bits per heavy atom. The standard InChI is InChI=1S/C9H13N3O2/c10-9(14)12-11-8-5-1-2-6(4-13)7(8)3-5/h4-7H,1-3H2,(H3,10,12,14)/b11-8-. The summed E-state index contributed by atoms with van der Waals surface area (Å²) in [7, 11) is 0. The molecule has 3 unspecified atom stereocenters. The highest BCUT2D eigenvalue weighted by atomic mass is 16.2. The second-order valence-corrected chi connectivity index (χ2v) is 3.93. The van der Waals surface area contributed by atoms with E-state index in [9.17, 15) is 9.59 Å². The fourth-order valence-corrected chi connectivity index (χ4v) is 2.40. The minimum absolute atomic E-state index is 0.0911. The molecule has 3 atom stereocenters. The third kappa shape index (κ3) is 1.38. The summed E-state index contributed by atoms with van der Waals surface area (Å²) in [5.74, 6) is 0.801. The molecule has 3 aliphatic carbocycles.